The highest BCUT2D eigenvalue weighted by Crippen LogP contribution is 1.95. The van der Waals surface area contributed by atoms with Crippen LogP contribution in [-0.2, 0) is 9.63 Å². The molecular weight excluding hydrogens is 138 g/mol. The van der Waals surface area contributed by atoms with Gasteiger partial charge in [-0.15, -0.1) is 0 Å². The number of carbonyl (C=O) groups is 1. The maximum atomic E-state index is 10.7. The Morgan fingerprint density at radius 3 is 2.78 bits per heavy atom. The monoisotopic (exact) mass is 149 g/mol. The van der Waals surface area contributed by atoms with Gasteiger partial charge in [0.2, 0.25) is 5.91 Å². The van der Waals surface area contributed by atoms with Crippen molar-refractivity contribution in [3.05, 3.63) is 0 Å². The molecular formula is C5H11NO2S. The quantitative estimate of drug-likeness (QED) is 0.445. The molecule has 0 radical (unpaired) electrons. The highest BCUT2D eigenvalue weighted by molar-refractivity contribution is 7.80. The van der Waals surface area contributed by atoms with Crippen LogP contribution in [0.4, 0.5) is 0 Å². The summed E-state index contributed by atoms with van der Waals surface area (Å²) in [5.74, 6) is 0.315. The molecule has 0 saturated heterocycles. The Bertz CT molecular complexity index is 97.0. The molecule has 0 heterocycles. The number of carbonyl (C=O) groups excluding carboxylic acids is 1. The lowest BCUT2D eigenvalue weighted by Gasteiger charge is -2.05. The largest absolute Gasteiger partial charge is 0.277 e. The normalized spacial score (nSPS) is 12.8. The Balaban J connectivity index is 3.46. The third-order valence-electron chi connectivity index (χ3n) is 0.924. The fourth-order valence-corrected chi connectivity index (χ4v) is 0.450. The van der Waals surface area contributed by atoms with Crippen LogP contribution in [0.5, 0.6) is 0 Å². The molecule has 0 fully saturated rings. The van der Waals surface area contributed by atoms with E-state index in [-0.39, 0.29) is 11.8 Å². The first-order valence-corrected chi connectivity index (χ1v) is 3.29. The molecule has 0 aromatic carbocycles. The summed E-state index contributed by atoms with van der Waals surface area (Å²) in [4.78, 5) is 15.1. The van der Waals surface area contributed by atoms with Gasteiger partial charge in [0.15, 0.2) is 0 Å². The minimum atomic E-state index is -0.132. The molecule has 0 aliphatic rings. The number of nitrogens with one attached hydrogen (secondary N) is 1. The molecule has 0 bridgehead atoms. The minimum Gasteiger partial charge on any atom is -0.277 e. The zero-order valence-electron chi connectivity index (χ0n) is 5.55. The average molecular weight is 149 g/mol. The van der Waals surface area contributed by atoms with Crippen molar-refractivity contribution in [3.8, 4) is 0 Å². The van der Waals surface area contributed by atoms with E-state index >= 15 is 0 Å². The van der Waals surface area contributed by atoms with Gasteiger partial charge in [-0.25, -0.2) is 5.48 Å². The second-order valence-electron chi connectivity index (χ2n) is 1.75. The summed E-state index contributed by atoms with van der Waals surface area (Å²) in [6.07, 6.45) is 0. The van der Waals surface area contributed by atoms with Crippen molar-refractivity contribution >= 4 is 18.5 Å². The van der Waals surface area contributed by atoms with Crippen molar-refractivity contribution in [2.45, 2.75) is 6.92 Å². The number of rotatable bonds is 3. The fourth-order valence-electron chi connectivity index (χ4n) is 0.284. The predicted octanol–water partition coefficient (Wildman–Crippen LogP) is 0.230. The Hall–Kier alpha value is -0.220. The van der Waals surface area contributed by atoms with Crippen LogP contribution in [0.3, 0.4) is 0 Å². The minimum absolute atomic E-state index is 0.0896. The van der Waals surface area contributed by atoms with Crippen LogP contribution in [-0.4, -0.2) is 18.8 Å². The Labute approximate surface area is 60.1 Å². The molecule has 0 aromatic heterocycles. The number of hydrogen-bond acceptors (Lipinski definition) is 3. The molecule has 1 amide bonds. The predicted molar refractivity (Wildman–Crippen MR) is 38.2 cm³/mol. The van der Waals surface area contributed by atoms with Gasteiger partial charge in [-0.1, -0.05) is 6.92 Å². The number of thiol groups is 1. The number of hydrogen-bond donors (Lipinski definition) is 2. The summed E-state index contributed by atoms with van der Waals surface area (Å²) in [5, 5.41) is 0. The summed E-state index contributed by atoms with van der Waals surface area (Å²) >= 11 is 3.93. The summed E-state index contributed by atoms with van der Waals surface area (Å²) in [6.45, 7) is 1.78. The van der Waals surface area contributed by atoms with Crippen LogP contribution >= 0.6 is 12.6 Å². The Morgan fingerprint density at radius 1 is 1.89 bits per heavy atom. The van der Waals surface area contributed by atoms with Gasteiger partial charge in [-0.3, -0.25) is 9.63 Å². The van der Waals surface area contributed by atoms with Gasteiger partial charge in [0.25, 0.3) is 0 Å². The van der Waals surface area contributed by atoms with Gasteiger partial charge in [-0.2, -0.15) is 12.6 Å². The molecule has 4 heteroatoms. The third-order valence-corrected chi connectivity index (χ3v) is 1.47. The van der Waals surface area contributed by atoms with Crippen molar-refractivity contribution < 1.29 is 9.63 Å². The van der Waals surface area contributed by atoms with Gasteiger partial charge in [-0.05, 0) is 0 Å². The lowest BCUT2D eigenvalue weighted by Crippen LogP contribution is -2.28. The van der Waals surface area contributed by atoms with E-state index in [4.69, 9.17) is 0 Å². The first-order chi connectivity index (χ1) is 4.22. The van der Waals surface area contributed by atoms with Crippen molar-refractivity contribution in [3.63, 3.8) is 0 Å². The van der Waals surface area contributed by atoms with Gasteiger partial charge < -0.3 is 0 Å². The first kappa shape index (κ1) is 8.78. The fraction of sp³-hybridized carbons (Fsp3) is 0.800. The van der Waals surface area contributed by atoms with E-state index in [0.717, 1.165) is 0 Å². The summed E-state index contributed by atoms with van der Waals surface area (Å²) in [5.41, 5.74) is 2.21. The van der Waals surface area contributed by atoms with E-state index < -0.39 is 0 Å². The molecule has 54 valence electrons. The molecule has 1 atom stereocenters. The smallest absolute Gasteiger partial charge is 0.247 e. The van der Waals surface area contributed by atoms with Gasteiger partial charge in [0.05, 0.1) is 7.11 Å². The maximum absolute atomic E-state index is 10.7. The molecule has 3 nitrogen and oxygen atoms in total. The van der Waals surface area contributed by atoms with Crippen LogP contribution < -0.4 is 5.48 Å². The van der Waals surface area contributed by atoms with Crippen molar-refractivity contribution in [2.75, 3.05) is 12.9 Å². The van der Waals surface area contributed by atoms with Crippen LogP contribution in [0.15, 0.2) is 0 Å². The lowest BCUT2D eigenvalue weighted by atomic mass is 10.2. The zero-order valence-corrected chi connectivity index (χ0v) is 6.44. The molecule has 0 aliphatic carbocycles. The molecule has 0 aliphatic heterocycles. The van der Waals surface area contributed by atoms with E-state index in [1.807, 2.05) is 0 Å². The van der Waals surface area contributed by atoms with Crippen molar-refractivity contribution in [2.24, 2.45) is 5.92 Å². The SMILES string of the molecule is CONC(=O)[C@@H](C)CS. The van der Waals surface area contributed by atoms with Crippen LogP contribution in [0, 0.1) is 5.92 Å². The van der Waals surface area contributed by atoms with E-state index in [9.17, 15) is 4.79 Å². The number of amides is 1. The summed E-state index contributed by atoms with van der Waals surface area (Å²) in [6, 6.07) is 0. The number of hydroxylamine groups is 1. The zero-order chi connectivity index (χ0) is 7.28. The lowest BCUT2D eigenvalue weighted by molar-refractivity contribution is -0.134. The highest BCUT2D eigenvalue weighted by Gasteiger charge is 2.08. The second-order valence-corrected chi connectivity index (χ2v) is 2.12. The van der Waals surface area contributed by atoms with E-state index in [0.29, 0.717) is 5.75 Å². The second kappa shape index (κ2) is 4.64. The third kappa shape index (κ3) is 3.37. The molecule has 0 unspecified atom stereocenters. The van der Waals surface area contributed by atoms with Gasteiger partial charge >= 0.3 is 0 Å². The van der Waals surface area contributed by atoms with Crippen molar-refractivity contribution in [1.82, 2.24) is 5.48 Å². The van der Waals surface area contributed by atoms with Gasteiger partial charge in [0.1, 0.15) is 0 Å². The summed E-state index contributed by atoms with van der Waals surface area (Å²) < 4.78 is 0. The summed E-state index contributed by atoms with van der Waals surface area (Å²) in [7, 11) is 1.41. The van der Waals surface area contributed by atoms with E-state index in [2.05, 4.69) is 22.9 Å². The molecule has 0 rings (SSSR count). The van der Waals surface area contributed by atoms with Crippen molar-refractivity contribution in [1.29, 1.82) is 0 Å². The van der Waals surface area contributed by atoms with E-state index in [1.165, 1.54) is 7.11 Å². The molecule has 0 aromatic rings. The van der Waals surface area contributed by atoms with Crippen LogP contribution in [0.25, 0.3) is 0 Å². The topological polar surface area (TPSA) is 38.3 Å². The van der Waals surface area contributed by atoms with Crippen LogP contribution in [0.2, 0.25) is 0 Å². The molecule has 9 heavy (non-hydrogen) atoms. The Kier molecular flexibility index (Phi) is 4.53. The first-order valence-electron chi connectivity index (χ1n) is 2.66. The van der Waals surface area contributed by atoms with E-state index in [1.54, 1.807) is 6.92 Å². The standard InChI is InChI=1S/C5H11NO2S/c1-4(3-9)5(7)6-8-2/h4,9H,3H2,1-2H3,(H,6,7)/t4-/m0/s1. The molecule has 0 saturated carbocycles. The van der Waals surface area contributed by atoms with Gasteiger partial charge in [0, 0.05) is 11.7 Å². The maximum Gasteiger partial charge on any atom is 0.247 e. The molecule has 0 spiro atoms. The average Bonchev–Trinajstić information content (AvgIpc) is 1.87. The Morgan fingerprint density at radius 2 is 2.44 bits per heavy atom. The highest BCUT2D eigenvalue weighted by atomic mass is 32.1. The van der Waals surface area contributed by atoms with Crippen LogP contribution in [0.1, 0.15) is 6.92 Å². The molecule has 1 N–H and O–H groups in total.